The Kier molecular flexibility index (Phi) is 3.24. The summed E-state index contributed by atoms with van der Waals surface area (Å²) < 4.78 is 128. The largest absolute Gasteiger partial charge is 0.382 e. The number of hydrogen-bond acceptors (Lipinski definition) is 0. The molecule has 0 fully saturated rings. The van der Waals surface area contributed by atoms with Crippen molar-refractivity contribution in [2.45, 2.75) is 30.4 Å². The summed E-state index contributed by atoms with van der Waals surface area (Å²) in [5.74, 6) is -22.0. The Bertz CT molecular complexity index is 456. The average Bonchev–Trinajstić information content (AvgIpc) is 2.25. The zero-order valence-corrected chi connectivity index (χ0v) is 8.86. The van der Waals surface area contributed by atoms with E-state index >= 15 is 0 Å². The Labute approximate surface area is 98.9 Å². The highest BCUT2D eigenvalue weighted by Gasteiger charge is 2.83. The highest BCUT2D eigenvalue weighted by atomic mass is 19.4. The lowest BCUT2D eigenvalue weighted by atomic mass is 9.79. The minimum atomic E-state index is -6.51. The number of alkyl halides is 7. The molecule has 1 aliphatic carbocycles. The first-order valence-corrected chi connectivity index (χ1v) is 4.47. The van der Waals surface area contributed by atoms with Crippen LogP contribution in [0.25, 0.3) is 0 Å². The van der Waals surface area contributed by atoms with Crippen LogP contribution in [0.5, 0.6) is 0 Å². The van der Waals surface area contributed by atoms with Crippen LogP contribution in [-0.4, -0.2) is 23.4 Å². The first-order chi connectivity index (χ1) is 8.23. The third-order valence-corrected chi connectivity index (χ3v) is 2.70. The fourth-order valence-corrected chi connectivity index (χ4v) is 1.41. The van der Waals surface area contributed by atoms with Crippen molar-refractivity contribution in [2.75, 3.05) is 0 Å². The fourth-order valence-electron chi connectivity index (χ4n) is 1.41. The van der Waals surface area contributed by atoms with Gasteiger partial charge in [-0.3, -0.25) is 0 Å². The van der Waals surface area contributed by atoms with E-state index in [9.17, 15) is 43.9 Å². The smallest absolute Gasteiger partial charge is 0.227 e. The van der Waals surface area contributed by atoms with Crippen molar-refractivity contribution in [1.29, 1.82) is 0 Å². The van der Waals surface area contributed by atoms with E-state index in [-0.39, 0.29) is 6.92 Å². The van der Waals surface area contributed by atoms with Gasteiger partial charge in [-0.2, -0.15) is 35.1 Å². The first-order valence-electron chi connectivity index (χ1n) is 4.47. The lowest BCUT2D eigenvalue weighted by molar-refractivity contribution is -0.333. The number of allylic oxidation sites excluding steroid dienone is 3. The predicted octanol–water partition coefficient (Wildman–Crippen LogP) is 4.64. The molecule has 1 aliphatic rings. The van der Waals surface area contributed by atoms with E-state index < -0.39 is 47.0 Å². The Morgan fingerprint density at radius 3 is 1.68 bits per heavy atom. The van der Waals surface area contributed by atoms with E-state index in [0.717, 1.165) is 0 Å². The second kappa shape index (κ2) is 3.89. The minimum absolute atomic E-state index is 0.0352. The van der Waals surface area contributed by atoms with E-state index in [4.69, 9.17) is 0 Å². The van der Waals surface area contributed by atoms with Crippen LogP contribution in [0, 0.1) is 0 Å². The Morgan fingerprint density at radius 2 is 1.32 bits per heavy atom. The van der Waals surface area contributed by atoms with Gasteiger partial charge in [-0.15, -0.1) is 0 Å². The van der Waals surface area contributed by atoms with Crippen molar-refractivity contribution >= 4 is 0 Å². The van der Waals surface area contributed by atoms with Crippen LogP contribution < -0.4 is 0 Å². The zero-order chi connectivity index (χ0) is 15.4. The van der Waals surface area contributed by atoms with Gasteiger partial charge in [-0.25, -0.2) is 8.78 Å². The molecular weight excluding hydrogens is 298 g/mol. The molecule has 0 amide bonds. The third-order valence-electron chi connectivity index (χ3n) is 2.70. The highest BCUT2D eigenvalue weighted by Crippen LogP contribution is 2.60. The molecule has 0 radical (unpaired) electrons. The van der Waals surface area contributed by atoms with Crippen molar-refractivity contribution in [2.24, 2.45) is 0 Å². The van der Waals surface area contributed by atoms with Crippen LogP contribution in [-0.2, 0) is 0 Å². The second-order valence-corrected chi connectivity index (χ2v) is 3.81. The molecule has 0 heterocycles. The van der Waals surface area contributed by atoms with Crippen LogP contribution in [0.3, 0.4) is 0 Å². The summed E-state index contributed by atoms with van der Waals surface area (Å²) >= 11 is 0. The van der Waals surface area contributed by atoms with Crippen LogP contribution in [0.15, 0.2) is 23.6 Å². The van der Waals surface area contributed by atoms with E-state index in [1.165, 1.54) is 0 Å². The van der Waals surface area contributed by atoms with E-state index in [2.05, 4.69) is 0 Å². The van der Waals surface area contributed by atoms with Gasteiger partial charge in [0.1, 0.15) is 0 Å². The SMILES string of the molecule is CC(=C(F)F)C1(F)C=C(F)C(F)(F)C(F)(F)C1(F)F. The molecule has 0 bridgehead atoms. The van der Waals surface area contributed by atoms with E-state index in [1.54, 1.807) is 0 Å². The summed E-state index contributed by atoms with van der Waals surface area (Å²) in [6.45, 7) is -0.0352. The molecular formula is C9H4F10. The van der Waals surface area contributed by atoms with Gasteiger partial charge >= 0.3 is 17.8 Å². The molecule has 0 N–H and O–H groups in total. The molecule has 0 saturated heterocycles. The predicted molar refractivity (Wildman–Crippen MR) is 42.8 cm³/mol. The Morgan fingerprint density at radius 1 is 0.895 bits per heavy atom. The average molecular weight is 302 g/mol. The summed E-state index contributed by atoms with van der Waals surface area (Å²) in [5, 5.41) is 0. The molecule has 1 rings (SSSR count). The summed E-state index contributed by atoms with van der Waals surface area (Å²) in [4.78, 5) is 0. The molecule has 0 aliphatic heterocycles. The number of hydrogen-bond donors (Lipinski definition) is 0. The van der Waals surface area contributed by atoms with Crippen molar-refractivity contribution in [3.05, 3.63) is 23.6 Å². The van der Waals surface area contributed by atoms with Gasteiger partial charge in [0.25, 0.3) is 6.08 Å². The molecule has 0 nitrogen and oxygen atoms in total. The normalized spacial score (nSPS) is 31.6. The molecule has 110 valence electrons. The summed E-state index contributed by atoms with van der Waals surface area (Å²) in [6.07, 6.45) is -4.40. The fraction of sp³-hybridized carbons (Fsp3) is 0.556. The van der Waals surface area contributed by atoms with Crippen molar-refractivity contribution in [3.63, 3.8) is 0 Å². The van der Waals surface area contributed by atoms with Gasteiger partial charge in [0.05, 0.1) is 0 Å². The number of halogens is 10. The first kappa shape index (κ1) is 15.8. The quantitative estimate of drug-likeness (QED) is 0.619. The van der Waals surface area contributed by atoms with Gasteiger partial charge in [0, 0.05) is 11.6 Å². The lowest BCUT2D eigenvalue weighted by Crippen LogP contribution is -2.66. The summed E-state index contributed by atoms with van der Waals surface area (Å²) in [6, 6.07) is 0. The maximum atomic E-state index is 13.7. The maximum Gasteiger partial charge on any atom is 0.382 e. The van der Waals surface area contributed by atoms with Crippen LogP contribution in [0.1, 0.15) is 6.92 Å². The summed E-state index contributed by atoms with van der Waals surface area (Å²) in [5.41, 5.74) is -7.33. The summed E-state index contributed by atoms with van der Waals surface area (Å²) in [7, 11) is 0. The molecule has 1 atom stereocenters. The zero-order valence-electron chi connectivity index (χ0n) is 8.86. The topological polar surface area (TPSA) is 0 Å². The van der Waals surface area contributed by atoms with Gasteiger partial charge in [0.2, 0.25) is 5.67 Å². The molecule has 0 aromatic heterocycles. The van der Waals surface area contributed by atoms with Crippen molar-refractivity contribution in [3.8, 4) is 0 Å². The van der Waals surface area contributed by atoms with Crippen LogP contribution in [0.4, 0.5) is 43.9 Å². The van der Waals surface area contributed by atoms with E-state index in [0.29, 0.717) is 0 Å². The van der Waals surface area contributed by atoms with Crippen LogP contribution in [0.2, 0.25) is 0 Å². The molecule has 10 heteroatoms. The third kappa shape index (κ3) is 1.68. The second-order valence-electron chi connectivity index (χ2n) is 3.81. The van der Waals surface area contributed by atoms with Gasteiger partial charge < -0.3 is 0 Å². The van der Waals surface area contributed by atoms with Gasteiger partial charge in [-0.05, 0) is 6.92 Å². The number of rotatable bonds is 1. The standard InChI is InChI=1S/C9H4F10/c1-3(5(11)12)6(13)2-4(10)7(14,15)9(18,19)8(6,16)17/h2H,1H3. The van der Waals surface area contributed by atoms with Crippen molar-refractivity contribution in [1.82, 2.24) is 0 Å². The molecule has 0 saturated carbocycles. The van der Waals surface area contributed by atoms with E-state index in [1.807, 2.05) is 0 Å². The molecule has 0 aromatic carbocycles. The van der Waals surface area contributed by atoms with Gasteiger partial charge in [0.15, 0.2) is 5.83 Å². The highest BCUT2D eigenvalue weighted by molar-refractivity contribution is 5.39. The Balaban J connectivity index is 3.72. The molecule has 1 unspecified atom stereocenters. The minimum Gasteiger partial charge on any atom is -0.227 e. The van der Waals surface area contributed by atoms with Gasteiger partial charge in [-0.1, -0.05) is 0 Å². The van der Waals surface area contributed by atoms with Crippen LogP contribution >= 0.6 is 0 Å². The maximum absolute atomic E-state index is 13.7. The molecule has 0 aromatic rings. The molecule has 0 spiro atoms. The monoisotopic (exact) mass is 302 g/mol. The molecule has 19 heavy (non-hydrogen) atoms. The van der Waals surface area contributed by atoms with Crippen molar-refractivity contribution < 1.29 is 43.9 Å². The Hall–Kier alpha value is -1.22. The lowest BCUT2D eigenvalue weighted by Gasteiger charge is -2.42.